The maximum absolute atomic E-state index is 3.61. The second-order valence-electron chi connectivity index (χ2n) is 5.53. The molecular weight excluding hydrogens is 310 g/mol. The highest BCUT2D eigenvalue weighted by Crippen LogP contribution is 2.22. The summed E-state index contributed by atoms with van der Waals surface area (Å²) in [6.07, 6.45) is 0. The summed E-state index contributed by atoms with van der Waals surface area (Å²) >= 11 is 3.52. The van der Waals surface area contributed by atoms with Crippen LogP contribution in [-0.2, 0) is 6.54 Å². The highest BCUT2D eigenvalue weighted by Gasteiger charge is 2.09. The van der Waals surface area contributed by atoms with Crippen molar-refractivity contribution in [3.63, 3.8) is 0 Å². The molecule has 0 aliphatic heterocycles. The summed E-state index contributed by atoms with van der Waals surface area (Å²) in [6, 6.07) is 13.4. The fraction of sp³-hybridized carbons (Fsp3) is 0.333. The molecule has 0 amide bonds. The Balaban J connectivity index is 2.09. The van der Waals surface area contributed by atoms with E-state index < -0.39 is 0 Å². The third-order valence-electron chi connectivity index (χ3n) is 3.85. The van der Waals surface area contributed by atoms with Gasteiger partial charge in [0.25, 0.3) is 0 Å². The van der Waals surface area contributed by atoms with Crippen LogP contribution in [0.2, 0.25) is 0 Å². The molecule has 0 fully saturated rings. The van der Waals surface area contributed by atoms with E-state index in [-0.39, 0.29) is 0 Å². The Kier molecular flexibility index (Phi) is 5.00. The third-order valence-corrected chi connectivity index (χ3v) is 4.34. The van der Waals surface area contributed by atoms with Crippen LogP contribution in [0.1, 0.15) is 40.8 Å². The van der Waals surface area contributed by atoms with Crippen molar-refractivity contribution in [3.05, 3.63) is 68.7 Å². The second kappa shape index (κ2) is 6.55. The summed E-state index contributed by atoms with van der Waals surface area (Å²) < 4.78 is 1.13. The van der Waals surface area contributed by atoms with Crippen molar-refractivity contribution in [2.45, 2.75) is 40.3 Å². The van der Waals surface area contributed by atoms with Gasteiger partial charge in [-0.1, -0.05) is 40.2 Å². The van der Waals surface area contributed by atoms with Gasteiger partial charge in [-0.2, -0.15) is 0 Å². The lowest BCUT2D eigenvalue weighted by molar-refractivity contribution is 0.571. The first-order valence-electron chi connectivity index (χ1n) is 7.03. The summed E-state index contributed by atoms with van der Waals surface area (Å²) in [5.41, 5.74) is 6.78. The van der Waals surface area contributed by atoms with Gasteiger partial charge in [0.05, 0.1) is 0 Å². The highest BCUT2D eigenvalue weighted by atomic mass is 79.9. The molecular formula is C18H22BrN. The molecule has 0 aliphatic rings. The van der Waals surface area contributed by atoms with Crippen LogP contribution < -0.4 is 5.32 Å². The monoisotopic (exact) mass is 331 g/mol. The molecule has 1 atom stereocenters. The highest BCUT2D eigenvalue weighted by molar-refractivity contribution is 9.10. The van der Waals surface area contributed by atoms with Gasteiger partial charge in [-0.3, -0.25) is 0 Å². The van der Waals surface area contributed by atoms with Crippen LogP contribution in [0.5, 0.6) is 0 Å². The lowest BCUT2D eigenvalue weighted by atomic mass is 9.96. The molecule has 2 aromatic rings. The summed E-state index contributed by atoms with van der Waals surface area (Å²) in [7, 11) is 0. The maximum Gasteiger partial charge on any atom is 0.0297 e. The van der Waals surface area contributed by atoms with E-state index in [1.54, 1.807) is 0 Å². The minimum atomic E-state index is 0.355. The molecule has 106 valence electrons. The Bertz CT molecular complexity index is 604. The Labute approximate surface area is 130 Å². The number of halogens is 1. The van der Waals surface area contributed by atoms with Gasteiger partial charge in [-0.15, -0.1) is 0 Å². The third kappa shape index (κ3) is 3.71. The molecule has 1 nitrogen and oxygen atoms in total. The van der Waals surface area contributed by atoms with Crippen LogP contribution in [0, 0.1) is 20.8 Å². The second-order valence-corrected chi connectivity index (χ2v) is 6.44. The topological polar surface area (TPSA) is 12.0 Å². The lowest BCUT2D eigenvalue weighted by Crippen LogP contribution is -2.19. The van der Waals surface area contributed by atoms with Gasteiger partial charge in [0, 0.05) is 17.1 Å². The largest absolute Gasteiger partial charge is 0.306 e. The van der Waals surface area contributed by atoms with Gasteiger partial charge < -0.3 is 5.32 Å². The van der Waals surface area contributed by atoms with E-state index in [9.17, 15) is 0 Å². The van der Waals surface area contributed by atoms with Crippen LogP contribution in [0.3, 0.4) is 0 Å². The summed E-state index contributed by atoms with van der Waals surface area (Å²) in [5, 5.41) is 3.61. The number of hydrogen-bond donors (Lipinski definition) is 1. The molecule has 0 heterocycles. The Morgan fingerprint density at radius 2 is 1.70 bits per heavy atom. The Hall–Kier alpha value is -1.12. The lowest BCUT2D eigenvalue weighted by Gasteiger charge is -2.18. The maximum atomic E-state index is 3.61. The molecule has 2 heteroatoms. The quantitative estimate of drug-likeness (QED) is 0.809. The number of benzene rings is 2. The molecule has 0 radical (unpaired) electrons. The molecule has 0 saturated heterocycles. The van der Waals surface area contributed by atoms with Gasteiger partial charge >= 0.3 is 0 Å². The van der Waals surface area contributed by atoms with E-state index in [1.807, 2.05) is 0 Å². The Morgan fingerprint density at radius 3 is 2.40 bits per heavy atom. The first-order valence-corrected chi connectivity index (χ1v) is 7.82. The molecule has 0 aliphatic carbocycles. The van der Waals surface area contributed by atoms with E-state index in [0.717, 1.165) is 11.0 Å². The van der Waals surface area contributed by atoms with Gasteiger partial charge in [0.15, 0.2) is 0 Å². The van der Waals surface area contributed by atoms with Crippen molar-refractivity contribution in [2.24, 2.45) is 0 Å². The summed E-state index contributed by atoms with van der Waals surface area (Å²) in [5.74, 6) is 0. The van der Waals surface area contributed by atoms with Crippen LogP contribution in [-0.4, -0.2) is 0 Å². The van der Waals surface area contributed by atoms with Gasteiger partial charge in [0.1, 0.15) is 0 Å². The fourth-order valence-electron chi connectivity index (χ4n) is 2.48. The predicted molar refractivity (Wildman–Crippen MR) is 90.0 cm³/mol. The zero-order chi connectivity index (χ0) is 14.7. The standard InChI is InChI=1S/C18H22BrN/c1-12-8-14(3)18(9-13(12)2)15(4)20-11-16-6-5-7-17(19)10-16/h5-10,15,20H,11H2,1-4H3. The predicted octanol–water partition coefficient (Wildman–Crippen LogP) is 5.23. The number of aryl methyl sites for hydroxylation is 3. The first-order chi connectivity index (χ1) is 9.47. The van der Waals surface area contributed by atoms with E-state index in [4.69, 9.17) is 0 Å². The minimum Gasteiger partial charge on any atom is -0.306 e. The van der Waals surface area contributed by atoms with Crippen LogP contribution in [0.25, 0.3) is 0 Å². The Morgan fingerprint density at radius 1 is 1.00 bits per heavy atom. The van der Waals surface area contributed by atoms with E-state index in [2.05, 4.69) is 85.3 Å². The molecule has 1 unspecified atom stereocenters. The van der Waals surface area contributed by atoms with E-state index in [0.29, 0.717) is 6.04 Å². The molecule has 0 saturated carbocycles. The van der Waals surface area contributed by atoms with Crippen LogP contribution in [0.15, 0.2) is 40.9 Å². The van der Waals surface area contributed by atoms with Crippen molar-refractivity contribution in [1.29, 1.82) is 0 Å². The molecule has 2 aromatic carbocycles. The smallest absolute Gasteiger partial charge is 0.0297 e. The number of hydrogen-bond acceptors (Lipinski definition) is 1. The average Bonchev–Trinajstić information content (AvgIpc) is 2.40. The molecule has 0 aromatic heterocycles. The first kappa shape index (κ1) is 15.3. The van der Waals surface area contributed by atoms with Crippen LogP contribution >= 0.6 is 15.9 Å². The molecule has 20 heavy (non-hydrogen) atoms. The number of nitrogens with one attached hydrogen (secondary N) is 1. The summed E-state index contributed by atoms with van der Waals surface area (Å²) in [6.45, 7) is 9.66. The zero-order valence-electron chi connectivity index (χ0n) is 12.6. The molecule has 0 bridgehead atoms. The van der Waals surface area contributed by atoms with Crippen molar-refractivity contribution in [2.75, 3.05) is 0 Å². The molecule has 1 N–H and O–H groups in total. The zero-order valence-corrected chi connectivity index (χ0v) is 14.2. The fourth-order valence-corrected chi connectivity index (χ4v) is 2.92. The van der Waals surface area contributed by atoms with Crippen molar-refractivity contribution < 1.29 is 0 Å². The minimum absolute atomic E-state index is 0.355. The van der Waals surface area contributed by atoms with E-state index >= 15 is 0 Å². The SMILES string of the molecule is Cc1cc(C)c(C(C)NCc2cccc(Br)c2)cc1C. The van der Waals surface area contributed by atoms with Crippen molar-refractivity contribution in [3.8, 4) is 0 Å². The number of rotatable bonds is 4. The van der Waals surface area contributed by atoms with Crippen molar-refractivity contribution >= 4 is 15.9 Å². The van der Waals surface area contributed by atoms with Gasteiger partial charge in [-0.05, 0) is 67.6 Å². The van der Waals surface area contributed by atoms with Gasteiger partial charge in [0.2, 0.25) is 0 Å². The van der Waals surface area contributed by atoms with Crippen molar-refractivity contribution in [1.82, 2.24) is 5.32 Å². The molecule has 0 spiro atoms. The van der Waals surface area contributed by atoms with E-state index in [1.165, 1.54) is 27.8 Å². The molecule has 2 rings (SSSR count). The average molecular weight is 332 g/mol. The summed E-state index contributed by atoms with van der Waals surface area (Å²) in [4.78, 5) is 0. The normalized spacial score (nSPS) is 12.4. The van der Waals surface area contributed by atoms with Gasteiger partial charge in [-0.25, -0.2) is 0 Å². The van der Waals surface area contributed by atoms with Crippen LogP contribution in [0.4, 0.5) is 0 Å².